The number of amides is 1. The van der Waals surface area contributed by atoms with E-state index in [1.165, 1.54) is 0 Å². The van der Waals surface area contributed by atoms with Crippen LogP contribution in [0.5, 0.6) is 11.5 Å². The molecule has 7 nitrogen and oxygen atoms in total. The zero-order valence-corrected chi connectivity index (χ0v) is 19.5. The molecule has 0 aliphatic heterocycles. The summed E-state index contributed by atoms with van der Waals surface area (Å²) in [6.07, 6.45) is 6.92. The van der Waals surface area contributed by atoms with Crippen LogP contribution in [-0.4, -0.2) is 34.1 Å². The zero-order chi connectivity index (χ0) is 23.4. The van der Waals surface area contributed by atoms with Crippen LogP contribution in [-0.2, 0) is 11.2 Å². The van der Waals surface area contributed by atoms with Crippen LogP contribution in [0.2, 0.25) is 0 Å². The second kappa shape index (κ2) is 9.57. The standard InChI is InChI=1S/C26H30N4O3/c1-5-23(33-19-8-6-18(32-4)7-9-19)25(31)30-22-15-26(2,3)14-21-20(22)16-28-24(29-21)17-10-12-27-13-11-17/h6-13,16,22-23H,5,14-15H2,1-4H3,(H,30,31)/t22-,23-/m0/s1. The number of nitrogens with one attached hydrogen (secondary N) is 1. The molecule has 2 aromatic heterocycles. The monoisotopic (exact) mass is 446 g/mol. The lowest BCUT2D eigenvalue weighted by atomic mass is 9.74. The van der Waals surface area contributed by atoms with Crippen molar-refractivity contribution < 1.29 is 14.3 Å². The molecule has 1 amide bonds. The summed E-state index contributed by atoms with van der Waals surface area (Å²) in [5, 5.41) is 3.21. The van der Waals surface area contributed by atoms with Gasteiger partial charge < -0.3 is 14.8 Å². The Hall–Kier alpha value is -3.48. The van der Waals surface area contributed by atoms with Gasteiger partial charge in [-0.3, -0.25) is 9.78 Å². The molecule has 1 aromatic carbocycles. The third-order valence-electron chi connectivity index (χ3n) is 5.93. The molecule has 0 spiro atoms. The molecule has 1 N–H and O–H groups in total. The number of hydrogen-bond acceptors (Lipinski definition) is 6. The van der Waals surface area contributed by atoms with E-state index in [-0.39, 0.29) is 17.4 Å². The molecule has 0 fully saturated rings. The number of pyridine rings is 1. The van der Waals surface area contributed by atoms with Crippen LogP contribution in [0.1, 0.15) is 50.9 Å². The van der Waals surface area contributed by atoms with E-state index in [0.29, 0.717) is 18.0 Å². The third kappa shape index (κ3) is 5.30. The van der Waals surface area contributed by atoms with Gasteiger partial charge in [-0.05, 0) is 61.1 Å². The highest BCUT2D eigenvalue weighted by molar-refractivity contribution is 5.81. The molecule has 172 valence electrons. The van der Waals surface area contributed by atoms with Crippen LogP contribution in [0.15, 0.2) is 55.0 Å². The first kappa shape index (κ1) is 22.7. The number of carbonyl (C=O) groups excluding carboxylic acids is 1. The summed E-state index contributed by atoms with van der Waals surface area (Å²) in [5.41, 5.74) is 2.87. The number of hydrogen-bond donors (Lipinski definition) is 1. The summed E-state index contributed by atoms with van der Waals surface area (Å²) in [6.45, 7) is 6.35. The maximum Gasteiger partial charge on any atom is 0.261 e. The molecule has 7 heteroatoms. The molecule has 0 radical (unpaired) electrons. The van der Waals surface area contributed by atoms with Gasteiger partial charge in [0.2, 0.25) is 0 Å². The molecule has 1 aliphatic carbocycles. The Morgan fingerprint density at radius 2 is 1.85 bits per heavy atom. The highest BCUT2D eigenvalue weighted by Gasteiger charge is 2.35. The van der Waals surface area contributed by atoms with Crippen molar-refractivity contribution in [3.05, 3.63) is 66.2 Å². The first-order valence-electron chi connectivity index (χ1n) is 11.3. The van der Waals surface area contributed by atoms with Crippen molar-refractivity contribution in [2.24, 2.45) is 5.41 Å². The smallest absolute Gasteiger partial charge is 0.261 e. The normalized spacial score (nSPS) is 17.5. The minimum absolute atomic E-state index is 0.00658. The Kier molecular flexibility index (Phi) is 6.58. The molecular weight excluding hydrogens is 416 g/mol. The van der Waals surface area contributed by atoms with Crippen LogP contribution in [0.4, 0.5) is 0 Å². The number of rotatable bonds is 7. The number of benzene rings is 1. The fraction of sp³-hybridized carbons (Fsp3) is 0.385. The molecule has 2 atom stereocenters. The van der Waals surface area contributed by atoms with Gasteiger partial charge in [0.25, 0.3) is 5.91 Å². The molecule has 0 unspecified atom stereocenters. The van der Waals surface area contributed by atoms with Crippen molar-refractivity contribution in [3.8, 4) is 22.9 Å². The summed E-state index contributed by atoms with van der Waals surface area (Å²) < 4.78 is 11.2. The van der Waals surface area contributed by atoms with E-state index < -0.39 is 6.10 Å². The number of aromatic nitrogens is 3. The third-order valence-corrected chi connectivity index (χ3v) is 5.93. The molecule has 2 heterocycles. The van der Waals surface area contributed by atoms with Crippen LogP contribution in [0.3, 0.4) is 0 Å². The van der Waals surface area contributed by atoms with E-state index in [0.717, 1.165) is 35.4 Å². The second-order valence-corrected chi connectivity index (χ2v) is 9.13. The molecule has 0 saturated carbocycles. The number of methoxy groups -OCH3 is 1. The van der Waals surface area contributed by atoms with Crippen LogP contribution in [0, 0.1) is 5.41 Å². The first-order valence-corrected chi connectivity index (χ1v) is 11.3. The van der Waals surface area contributed by atoms with Gasteiger partial charge in [0, 0.05) is 29.7 Å². The Morgan fingerprint density at radius 3 is 2.52 bits per heavy atom. The van der Waals surface area contributed by atoms with Gasteiger partial charge in [0.05, 0.1) is 18.8 Å². The zero-order valence-electron chi connectivity index (χ0n) is 19.5. The summed E-state index contributed by atoms with van der Waals surface area (Å²) >= 11 is 0. The van der Waals surface area contributed by atoms with Crippen molar-refractivity contribution >= 4 is 5.91 Å². The maximum absolute atomic E-state index is 13.2. The maximum atomic E-state index is 13.2. The SMILES string of the molecule is CC[C@H](Oc1ccc(OC)cc1)C(=O)N[C@H]1CC(C)(C)Cc2nc(-c3ccncc3)ncc21. The Labute approximate surface area is 194 Å². The lowest BCUT2D eigenvalue weighted by molar-refractivity contribution is -0.129. The lowest BCUT2D eigenvalue weighted by Crippen LogP contribution is -2.43. The summed E-state index contributed by atoms with van der Waals surface area (Å²) in [7, 11) is 1.62. The molecule has 33 heavy (non-hydrogen) atoms. The molecular formula is C26H30N4O3. The highest BCUT2D eigenvalue weighted by Crippen LogP contribution is 2.40. The van der Waals surface area contributed by atoms with Crippen molar-refractivity contribution in [2.45, 2.75) is 52.2 Å². The number of ether oxygens (including phenoxy) is 2. The van der Waals surface area contributed by atoms with Gasteiger partial charge in [-0.15, -0.1) is 0 Å². The molecule has 0 bridgehead atoms. The largest absolute Gasteiger partial charge is 0.497 e. The number of nitrogens with zero attached hydrogens (tertiary/aromatic N) is 3. The Morgan fingerprint density at radius 1 is 1.15 bits per heavy atom. The van der Waals surface area contributed by atoms with Crippen molar-refractivity contribution in [3.63, 3.8) is 0 Å². The van der Waals surface area contributed by atoms with Gasteiger partial charge in [-0.2, -0.15) is 0 Å². The van der Waals surface area contributed by atoms with Gasteiger partial charge in [-0.25, -0.2) is 9.97 Å². The molecule has 3 aromatic rings. The number of fused-ring (bicyclic) bond motifs is 1. The lowest BCUT2D eigenvalue weighted by Gasteiger charge is -2.37. The average Bonchev–Trinajstić information content (AvgIpc) is 2.82. The van der Waals surface area contributed by atoms with Gasteiger partial charge in [0.15, 0.2) is 11.9 Å². The fourth-order valence-corrected chi connectivity index (χ4v) is 4.22. The van der Waals surface area contributed by atoms with Crippen molar-refractivity contribution in [1.82, 2.24) is 20.3 Å². The van der Waals surface area contributed by atoms with Gasteiger partial charge >= 0.3 is 0 Å². The molecule has 4 rings (SSSR count). The predicted octanol–water partition coefficient (Wildman–Crippen LogP) is 4.53. The summed E-state index contributed by atoms with van der Waals surface area (Å²) in [4.78, 5) is 26.7. The van der Waals surface area contributed by atoms with E-state index in [1.807, 2.05) is 49.5 Å². The van der Waals surface area contributed by atoms with E-state index in [1.54, 1.807) is 19.5 Å². The van der Waals surface area contributed by atoms with Crippen molar-refractivity contribution in [1.29, 1.82) is 0 Å². The van der Waals surface area contributed by atoms with Crippen molar-refractivity contribution in [2.75, 3.05) is 7.11 Å². The van der Waals surface area contributed by atoms with Crippen LogP contribution < -0.4 is 14.8 Å². The average molecular weight is 447 g/mol. The van der Waals surface area contributed by atoms with Crippen LogP contribution in [0.25, 0.3) is 11.4 Å². The van der Waals surface area contributed by atoms with E-state index >= 15 is 0 Å². The van der Waals surface area contributed by atoms with E-state index in [9.17, 15) is 4.79 Å². The molecule has 0 saturated heterocycles. The van der Waals surface area contributed by atoms with E-state index in [2.05, 4.69) is 29.1 Å². The highest BCUT2D eigenvalue weighted by atomic mass is 16.5. The van der Waals surface area contributed by atoms with Crippen LogP contribution >= 0.6 is 0 Å². The van der Waals surface area contributed by atoms with Gasteiger partial charge in [0.1, 0.15) is 11.5 Å². The quantitative estimate of drug-likeness (QED) is 0.574. The Bertz CT molecular complexity index is 1100. The minimum Gasteiger partial charge on any atom is -0.497 e. The second-order valence-electron chi connectivity index (χ2n) is 9.13. The Balaban J connectivity index is 1.53. The van der Waals surface area contributed by atoms with E-state index in [4.69, 9.17) is 14.5 Å². The predicted molar refractivity (Wildman–Crippen MR) is 126 cm³/mol. The number of carbonyl (C=O) groups is 1. The fourth-order valence-electron chi connectivity index (χ4n) is 4.22. The first-order chi connectivity index (χ1) is 15.9. The van der Waals surface area contributed by atoms with Gasteiger partial charge in [-0.1, -0.05) is 20.8 Å². The topological polar surface area (TPSA) is 86.2 Å². The summed E-state index contributed by atoms with van der Waals surface area (Å²) in [6, 6.07) is 10.9. The molecule has 1 aliphatic rings. The minimum atomic E-state index is -0.594. The summed E-state index contributed by atoms with van der Waals surface area (Å²) in [5.74, 6) is 1.91.